The van der Waals surface area contributed by atoms with Crippen molar-refractivity contribution in [2.24, 2.45) is 7.05 Å². The minimum absolute atomic E-state index is 0.160. The number of nitrogens with zero attached hydrogens (tertiary/aromatic N) is 7. The molecular formula is C12H15N9. The van der Waals surface area contributed by atoms with E-state index in [0.717, 1.165) is 12.2 Å². The van der Waals surface area contributed by atoms with Crippen LogP contribution in [0.1, 0.15) is 5.82 Å². The van der Waals surface area contributed by atoms with Crippen LogP contribution in [0.2, 0.25) is 0 Å². The maximum atomic E-state index is 5.70. The average molecular weight is 285 g/mol. The lowest BCUT2D eigenvalue weighted by Gasteiger charge is -2.07. The van der Waals surface area contributed by atoms with Crippen LogP contribution < -0.4 is 11.1 Å². The largest absolute Gasteiger partial charge is 0.368 e. The van der Waals surface area contributed by atoms with Gasteiger partial charge < -0.3 is 15.6 Å². The van der Waals surface area contributed by atoms with Crippen LogP contribution in [0.15, 0.2) is 31.1 Å². The molecule has 21 heavy (non-hydrogen) atoms. The number of nitrogen functional groups attached to an aromatic ring is 1. The Morgan fingerprint density at radius 1 is 1.19 bits per heavy atom. The van der Waals surface area contributed by atoms with Crippen LogP contribution in [0.25, 0.3) is 5.95 Å². The minimum Gasteiger partial charge on any atom is -0.368 e. The lowest BCUT2D eigenvalue weighted by Crippen LogP contribution is -2.13. The van der Waals surface area contributed by atoms with Crippen molar-refractivity contribution in [3.63, 3.8) is 0 Å². The number of hydrogen-bond donors (Lipinski definition) is 2. The lowest BCUT2D eigenvalue weighted by molar-refractivity contribution is 0.785. The summed E-state index contributed by atoms with van der Waals surface area (Å²) in [5.74, 6) is 2.01. The Balaban J connectivity index is 1.69. The normalized spacial score (nSPS) is 10.7. The maximum absolute atomic E-state index is 5.70. The summed E-state index contributed by atoms with van der Waals surface area (Å²) in [6.07, 6.45) is 9.43. The molecule has 0 saturated carbocycles. The van der Waals surface area contributed by atoms with E-state index in [1.54, 1.807) is 29.5 Å². The second-order valence-corrected chi connectivity index (χ2v) is 4.42. The van der Waals surface area contributed by atoms with Gasteiger partial charge in [-0.3, -0.25) is 4.57 Å². The lowest BCUT2D eigenvalue weighted by atomic mass is 10.4. The van der Waals surface area contributed by atoms with Gasteiger partial charge >= 0.3 is 0 Å². The predicted molar refractivity (Wildman–Crippen MR) is 76.8 cm³/mol. The second kappa shape index (κ2) is 5.57. The molecule has 0 unspecified atom stereocenters. The van der Waals surface area contributed by atoms with E-state index >= 15 is 0 Å². The van der Waals surface area contributed by atoms with Gasteiger partial charge in [-0.15, -0.1) is 0 Å². The Hall–Kier alpha value is -2.97. The average Bonchev–Trinajstić information content (AvgIpc) is 3.10. The number of nitrogens with one attached hydrogen (secondary N) is 1. The zero-order valence-corrected chi connectivity index (χ0v) is 11.5. The van der Waals surface area contributed by atoms with Gasteiger partial charge in [-0.2, -0.15) is 15.0 Å². The first-order valence-corrected chi connectivity index (χ1v) is 6.42. The maximum Gasteiger partial charge on any atom is 0.241 e. The molecule has 0 amide bonds. The summed E-state index contributed by atoms with van der Waals surface area (Å²) in [5, 5.41) is 3.12. The van der Waals surface area contributed by atoms with Crippen LogP contribution in [0, 0.1) is 0 Å². The summed E-state index contributed by atoms with van der Waals surface area (Å²) in [7, 11) is 1.96. The molecule has 9 heteroatoms. The Morgan fingerprint density at radius 3 is 2.81 bits per heavy atom. The predicted octanol–water partition coefficient (Wildman–Crippen LogP) is 0.0276. The van der Waals surface area contributed by atoms with Crippen molar-refractivity contribution >= 4 is 11.9 Å². The van der Waals surface area contributed by atoms with Gasteiger partial charge in [-0.05, 0) is 0 Å². The topological polar surface area (TPSA) is 112 Å². The van der Waals surface area contributed by atoms with Crippen LogP contribution in [0.3, 0.4) is 0 Å². The van der Waals surface area contributed by atoms with E-state index in [9.17, 15) is 0 Å². The molecule has 0 aliphatic heterocycles. The number of imidazole rings is 2. The summed E-state index contributed by atoms with van der Waals surface area (Å²) in [6.45, 7) is 0.650. The molecule has 3 rings (SSSR count). The molecule has 0 aliphatic rings. The number of anilines is 2. The molecule has 0 fully saturated rings. The van der Waals surface area contributed by atoms with Gasteiger partial charge in [-0.1, -0.05) is 0 Å². The first-order valence-electron chi connectivity index (χ1n) is 6.42. The standard InChI is InChI=1S/C12H15N9/c1-20-6-5-15-9(20)2-3-16-11-17-10(13)18-12(19-11)21-7-4-14-8-21/h4-8H,2-3H2,1H3,(H3,13,16,17,18,19). The van der Waals surface area contributed by atoms with Crippen molar-refractivity contribution < 1.29 is 0 Å². The molecule has 0 saturated heterocycles. The van der Waals surface area contributed by atoms with Crippen LogP contribution in [-0.2, 0) is 13.5 Å². The Labute approximate surface area is 120 Å². The highest BCUT2D eigenvalue weighted by atomic mass is 15.3. The summed E-state index contributed by atoms with van der Waals surface area (Å²) in [6, 6.07) is 0. The van der Waals surface area contributed by atoms with E-state index in [0.29, 0.717) is 18.4 Å². The molecular weight excluding hydrogens is 270 g/mol. The van der Waals surface area contributed by atoms with E-state index in [1.165, 1.54) is 0 Å². The molecule has 9 nitrogen and oxygen atoms in total. The smallest absolute Gasteiger partial charge is 0.241 e. The van der Waals surface area contributed by atoms with Gasteiger partial charge in [-0.25, -0.2) is 9.97 Å². The molecule has 108 valence electrons. The van der Waals surface area contributed by atoms with Gasteiger partial charge in [0.05, 0.1) is 0 Å². The first-order chi connectivity index (χ1) is 10.2. The molecule has 0 radical (unpaired) electrons. The third-order valence-electron chi connectivity index (χ3n) is 2.93. The zero-order valence-electron chi connectivity index (χ0n) is 11.5. The van der Waals surface area contributed by atoms with Crippen molar-refractivity contribution in [3.8, 4) is 5.95 Å². The van der Waals surface area contributed by atoms with Crippen molar-refractivity contribution in [2.75, 3.05) is 17.6 Å². The summed E-state index contributed by atoms with van der Waals surface area (Å²) < 4.78 is 3.64. The van der Waals surface area contributed by atoms with Crippen molar-refractivity contribution in [3.05, 3.63) is 36.9 Å². The fourth-order valence-electron chi connectivity index (χ4n) is 1.88. The highest BCUT2D eigenvalue weighted by Gasteiger charge is 2.06. The molecule has 0 atom stereocenters. The van der Waals surface area contributed by atoms with Gasteiger partial charge in [0, 0.05) is 44.8 Å². The Bertz CT molecular complexity index is 716. The first kappa shape index (κ1) is 13.0. The van der Waals surface area contributed by atoms with Crippen LogP contribution >= 0.6 is 0 Å². The number of rotatable bonds is 5. The highest BCUT2D eigenvalue weighted by Crippen LogP contribution is 2.07. The monoisotopic (exact) mass is 285 g/mol. The number of aromatic nitrogens is 7. The number of hydrogen-bond acceptors (Lipinski definition) is 7. The van der Waals surface area contributed by atoms with E-state index in [2.05, 4.69) is 30.2 Å². The summed E-state index contributed by atoms with van der Waals surface area (Å²) in [4.78, 5) is 20.6. The number of aryl methyl sites for hydroxylation is 1. The molecule has 3 aromatic heterocycles. The summed E-state index contributed by atoms with van der Waals surface area (Å²) in [5.41, 5.74) is 5.70. The third kappa shape index (κ3) is 2.96. The van der Waals surface area contributed by atoms with Crippen molar-refractivity contribution in [2.45, 2.75) is 6.42 Å². The quantitative estimate of drug-likeness (QED) is 0.680. The van der Waals surface area contributed by atoms with E-state index in [4.69, 9.17) is 5.73 Å². The van der Waals surface area contributed by atoms with Gasteiger partial charge in [0.15, 0.2) is 0 Å². The van der Waals surface area contributed by atoms with Gasteiger partial charge in [0.2, 0.25) is 17.8 Å². The Kier molecular flexibility index (Phi) is 3.46. The van der Waals surface area contributed by atoms with E-state index in [1.807, 2.05) is 17.8 Å². The van der Waals surface area contributed by atoms with Gasteiger partial charge in [0.1, 0.15) is 12.2 Å². The molecule has 0 aromatic carbocycles. The second-order valence-electron chi connectivity index (χ2n) is 4.42. The minimum atomic E-state index is 0.160. The van der Waals surface area contributed by atoms with Crippen LogP contribution in [0.5, 0.6) is 0 Å². The van der Waals surface area contributed by atoms with E-state index in [-0.39, 0.29) is 5.95 Å². The summed E-state index contributed by atoms with van der Waals surface area (Å²) >= 11 is 0. The third-order valence-corrected chi connectivity index (χ3v) is 2.93. The van der Waals surface area contributed by atoms with Crippen LogP contribution in [-0.4, -0.2) is 40.6 Å². The Morgan fingerprint density at radius 2 is 2.10 bits per heavy atom. The fraction of sp³-hybridized carbons (Fsp3) is 0.250. The van der Waals surface area contributed by atoms with Crippen molar-refractivity contribution in [1.82, 2.24) is 34.1 Å². The SMILES string of the molecule is Cn1ccnc1CCNc1nc(N)nc(-n2ccnc2)n1. The molecule has 3 aromatic rings. The van der Waals surface area contributed by atoms with Crippen LogP contribution in [0.4, 0.5) is 11.9 Å². The fourth-order valence-corrected chi connectivity index (χ4v) is 1.88. The zero-order chi connectivity index (χ0) is 14.7. The highest BCUT2D eigenvalue weighted by molar-refractivity contribution is 5.35. The van der Waals surface area contributed by atoms with E-state index < -0.39 is 0 Å². The molecule has 0 aliphatic carbocycles. The van der Waals surface area contributed by atoms with Crippen molar-refractivity contribution in [1.29, 1.82) is 0 Å². The molecule has 3 heterocycles. The number of nitrogens with two attached hydrogens (primary N) is 1. The molecule has 0 spiro atoms. The molecule has 3 N–H and O–H groups in total. The van der Waals surface area contributed by atoms with Gasteiger partial charge in [0.25, 0.3) is 0 Å². The molecule has 0 bridgehead atoms.